The van der Waals surface area contributed by atoms with Crippen molar-refractivity contribution in [2.75, 3.05) is 11.9 Å². The van der Waals surface area contributed by atoms with Crippen LogP contribution in [-0.4, -0.2) is 42.8 Å². The molecule has 1 unspecified atom stereocenters. The highest BCUT2D eigenvalue weighted by Gasteiger charge is 2.48. The van der Waals surface area contributed by atoms with Gasteiger partial charge in [-0.3, -0.25) is 14.4 Å². The fraction of sp³-hybridized carbons (Fsp3) is 0.160. The molecule has 0 aliphatic carbocycles. The van der Waals surface area contributed by atoms with E-state index < -0.39 is 40.1 Å². The van der Waals surface area contributed by atoms with E-state index in [0.717, 1.165) is 12.0 Å². The van der Waals surface area contributed by atoms with Gasteiger partial charge in [0.1, 0.15) is 0 Å². The van der Waals surface area contributed by atoms with Crippen molar-refractivity contribution in [3.8, 4) is 0 Å². The summed E-state index contributed by atoms with van der Waals surface area (Å²) in [6.45, 7) is 1.30. The maximum Gasteiger partial charge on any atom is 0.245 e. The van der Waals surface area contributed by atoms with Crippen LogP contribution in [0.2, 0.25) is 0 Å². The van der Waals surface area contributed by atoms with Crippen molar-refractivity contribution in [1.29, 1.82) is 0 Å². The molecule has 0 saturated carbocycles. The first-order chi connectivity index (χ1) is 15.8. The van der Waals surface area contributed by atoms with Crippen molar-refractivity contribution in [3.63, 3.8) is 0 Å². The number of hydrogen-bond acceptors (Lipinski definition) is 5. The second-order valence-corrected chi connectivity index (χ2v) is 9.50. The van der Waals surface area contributed by atoms with Crippen LogP contribution in [0.25, 0.3) is 0 Å². The number of carbonyl (C=O) groups is 3. The van der Waals surface area contributed by atoms with E-state index in [4.69, 9.17) is 0 Å². The molecule has 1 aliphatic rings. The molecule has 1 aliphatic heterocycles. The molecule has 7 nitrogen and oxygen atoms in total. The summed E-state index contributed by atoms with van der Waals surface area (Å²) in [6, 6.07) is 19.2. The van der Waals surface area contributed by atoms with Gasteiger partial charge in [0.15, 0.2) is 17.6 Å². The van der Waals surface area contributed by atoms with Gasteiger partial charge in [0, 0.05) is 16.8 Å². The topological polar surface area (TPSA) is 101 Å². The van der Waals surface area contributed by atoms with Gasteiger partial charge in [-0.1, -0.05) is 61.5 Å². The van der Waals surface area contributed by atoms with E-state index in [1.165, 1.54) is 30.3 Å². The lowest BCUT2D eigenvalue weighted by Gasteiger charge is -2.33. The van der Waals surface area contributed by atoms with Gasteiger partial charge in [0.2, 0.25) is 15.9 Å². The van der Waals surface area contributed by atoms with Crippen LogP contribution in [-0.2, 0) is 21.2 Å². The third kappa shape index (κ3) is 4.35. The van der Waals surface area contributed by atoms with E-state index in [1.54, 1.807) is 42.5 Å². The first kappa shape index (κ1) is 22.6. The first-order valence-electron chi connectivity index (χ1n) is 10.5. The molecular formula is C25H22N2O5S. The Kier molecular flexibility index (Phi) is 6.22. The Morgan fingerprint density at radius 1 is 0.939 bits per heavy atom. The van der Waals surface area contributed by atoms with Crippen LogP contribution >= 0.6 is 0 Å². The van der Waals surface area contributed by atoms with Crippen LogP contribution < -0.4 is 5.32 Å². The Morgan fingerprint density at radius 2 is 1.64 bits per heavy atom. The smallest absolute Gasteiger partial charge is 0.245 e. The number of ketones is 2. The molecule has 8 heteroatoms. The number of carbonyl (C=O) groups excluding carboxylic acids is 3. The third-order valence-electron chi connectivity index (χ3n) is 5.50. The summed E-state index contributed by atoms with van der Waals surface area (Å²) in [6.07, 6.45) is 0.767. The molecule has 33 heavy (non-hydrogen) atoms. The van der Waals surface area contributed by atoms with Gasteiger partial charge >= 0.3 is 0 Å². The van der Waals surface area contributed by atoms with Gasteiger partial charge in [-0.05, 0) is 36.2 Å². The normalized spacial score (nSPS) is 17.2. The maximum atomic E-state index is 13.4. The first-order valence-corrected chi connectivity index (χ1v) is 11.9. The van der Waals surface area contributed by atoms with E-state index in [0.29, 0.717) is 9.99 Å². The number of nitrogens with one attached hydrogen (secondary N) is 1. The lowest BCUT2D eigenvalue weighted by Crippen LogP contribution is -2.55. The number of Topliss-reactive ketones (excluding diaryl/α,β-unsaturated/α-hetero) is 2. The molecule has 0 aromatic heterocycles. The summed E-state index contributed by atoms with van der Waals surface area (Å²) in [4.78, 5) is 39.2. The maximum absolute atomic E-state index is 13.4. The third-order valence-corrected chi connectivity index (χ3v) is 7.37. The van der Waals surface area contributed by atoms with E-state index in [1.807, 2.05) is 13.0 Å². The van der Waals surface area contributed by atoms with E-state index in [2.05, 4.69) is 5.32 Å². The van der Waals surface area contributed by atoms with Crippen LogP contribution in [0, 0.1) is 0 Å². The average molecular weight is 463 g/mol. The zero-order valence-electron chi connectivity index (χ0n) is 17.9. The highest BCUT2D eigenvalue weighted by Crippen LogP contribution is 2.31. The molecule has 168 valence electrons. The highest BCUT2D eigenvalue weighted by molar-refractivity contribution is 7.89. The molecule has 3 aromatic carbocycles. The quantitative estimate of drug-likeness (QED) is 0.447. The Balaban J connectivity index is 1.72. The molecule has 0 saturated heterocycles. The Bertz CT molecular complexity index is 1340. The number of amides is 1. The number of nitrogens with zero attached hydrogens (tertiary/aromatic N) is 1. The van der Waals surface area contributed by atoms with Gasteiger partial charge in [-0.15, -0.1) is 0 Å². The monoisotopic (exact) mass is 462 g/mol. The van der Waals surface area contributed by atoms with Crippen LogP contribution in [0.3, 0.4) is 0 Å². The standard InChI is InChI=1S/C25H22N2O5S/c1-2-17-9-8-12-19(15-17)26-22(28)16-27-23(24(29)18-10-4-3-5-11-18)25(30)20-13-6-7-14-21(20)33(27,31)32/h3-15,23H,2,16H2,1H3,(H,26,28). The predicted molar refractivity (Wildman–Crippen MR) is 124 cm³/mol. The number of anilines is 1. The largest absolute Gasteiger partial charge is 0.325 e. The zero-order chi connectivity index (χ0) is 23.6. The van der Waals surface area contributed by atoms with Crippen molar-refractivity contribution < 1.29 is 22.8 Å². The van der Waals surface area contributed by atoms with Crippen LogP contribution in [0.1, 0.15) is 33.2 Å². The van der Waals surface area contributed by atoms with Crippen molar-refractivity contribution in [3.05, 3.63) is 95.6 Å². The van der Waals surface area contributed by atoms with Crippen LogP contribution in [0.5, 0.6) is 0 Å². The molecule has 1 heterocycles. The summed E-state index contributed by atoms with van der Waals surface area (Å²) in [7, 11) is -4.29. The Morgan fingerprint density at radius 3 is 2.36 bits per heavy atom. The van der Waals surface area contributed by atoms with E-state index in [-0.39, 0.29) is 16.0 Å². The fourth-order valence-electron chi connectivity index (χ4n) is 3.84. The average Bonchev–Trinajstić information content (AvgIpc) is 2.83. The van der Waals surface area contributed by atoms with Gasteiger partial charge < -0.3 is 5.32 Å². The molecule has 0 radical (unpaired) electrons. The molecule has 3 aromatic rings. The number of sulfonamides is 1. The summed E-state index contributed by atoms with van der Waals surface area (Å²) in [5.41, 5.74) is 1.64. The lowest BCUT2D eigenvalue weighted by atomic mass is 9.96. The number of hydrogen-bond donors (Lipinski definition) is 1. The van der Waals surface area contributed by atoms with E-state index >= 15 is 0 Å². The predicted octanol–water partition coefficient (Wildman–Crippen LogP) is 3.33. The van der Waals surface area contributed by atoms with Gasteiger partial charge in [0.05, 0.1) is 11.4 Å². The Hall–Kier alpha value is -3.62. The molecule has 1 amide bonds. The van der Waals surface area contributed by atoms with Crippen LogP contribution in [0.4, 0.5) is 5.69 Å². The molecule has 4 rings (SSSR count). The van der Waals surface area contributed by atoms with Crippen molar-refractivity contribution in [2.24, 2.45) is 0 Å². The molecular weight excluding hydrogens is 440 g/mol. The number of rotatable bonds is 6. The van der Waals surface area contributed by atoms with Gasteiger partial charge in [-0.25, -0.2) is 8.42 Å². The second kappa shape index (κ2) is 9.09. The highest BCUT2D eigenvalue weighted by atomic mass is 32.2. The van der Waals surface area contributed by atoms with Crippen molar-refractivity contribution in [1.82, 2.24) is 4.31 Å². The minimum atomic E-state index is -4.29. The van der Waals surface area contributed by atoms with E-state index in [9.17, 15) is 22.8 Å². The summed E-state index contributed by atoms with van der Waals surface area (Å²) in [5, 5.41) is 2.67. The number of aryl methyl sites for hydroxylation is 1. The molecule has 0 fully saturated rings. The molecule has 0 bridgehead atoms. The van der Waals surface area contributed by atoms with Crippen LogP contribution in [0.15, 0.2) is 83.8 Å². The summed E-state index contributed by atoms with van der Waals surface area (Å²) >= 11 is 0. The van der Waals surface area contributed by atoms with Crippen molar-refractivity contribution in [2.45, 2.75) is 24.3 Å². The van der Waals surface area contributed by atoms with Gasteiger partial charge in [-0.2, -0.15) is 4.31 Å². The van der Waals surface area contributed by atoms with Crippen molar-refractivity contribution >= 4 is 33.2 Å². The molecule has 0 spiro atoms. The summed E-state index contributed by atoms with van der Waals surface area (Å²) in [5.74, 6) is -1.99. The number of fused-ring (bicyclic) bond motifs is 1. The summed E-state index contributed by atoms with van der Waals surface area (Å²) < 4.78 is 27.6. The fourth-order valence-corrected chi connectivity index (χ4v) is 5.54. The minimum Gasteiger partial charge on any atom is -0.325 e. The molecule has 1 atom stereocenters. The second-order valence-electron chi connectivity index (χ2n) is 7.65. The van der Waals surface area contributed by atoms with Gasteiger partial charge in [0.25, 0.3) is 0 Å². The SMILES string of the molecule is CCc1cccc(NC(=O)CN2C(C(=O)c3ccccc3)C(=O)c3ccccc3S2(=O)=O)c1. The number of benzene rings is 3. The zero-order valence-corrected chi connectivity index (χ0v) is 18.7. The minimum absolute atomic E-state index is 0.0564. The Labute approximate surface area is 192 Å². The molecule has 1 N–H and O–H groups in total. The lowest BCUT2D eigenvalue weighted by molar-refractivity contribution is -0.116.